The second-order valence-corrected chi connectivity index (χ2v) is 1.74. The Labute approximate surface area is 57.8 Å². The van der Waals surface area contributed by atoms with E-state index in [2.05, 4.69) is 9.94 Å². The third kappa shape index (κ3) is 0.896. The Bertz CT molecular complexity index is 238. The molecule has 0 atom stereocenters. The SMILES string of the molecule is CCn1ncn(OC)c1=O. The van der Waals surface area contributed by atoms with Crippen LogP contribution in [0.1, 0.15) is 6.92 Å². The first-order valence-corrected chi connectivity index (χ1v) is 2.98. The molecule has 0 radical (unpaired) electrons. The Kier molecular flexibility index (Phi) is 1.75. The highest BCUT2D eigenvalue weighted by Crippen LogP contribution is 1.73. The van der Waals surface area contributed by atoms with Crippen LogP contribution in [0.25, 0.3) is 0 Å². The Morgan fingerprint density at radius 3 is 2.80 bits per heavy atom. The Balaban J connectivity index is 3.09. The summed E-state index contributed by atoms with van der Waals surface area (Å²) in [5, 5.41) is 3.75. The Hall–Kier alpha value is -1.26. The molecule has 56 valence electrons. The van der Waals surface area contributed by atoms with Crippen molar-refractivity contribution in [3.63, 3.8) is 0 Å². The molecular weight excluding hydrogens is 134 g/mol. The second-order valence-electron chi connectivity index (χ2n) is 1.74. The molecule has 0 aliphatic carbocycles. The summed E-state index contributed by atoms with van der Waals surface area (Å²) in [7, 11) is 1.42. The smallest absolute Gasteiger partial charge is 0.378 e. The van der Waals surface area contributed by atoms with E-state index in [0.717, 1.165) is 4.73 Å². The molecule has 1 heterocycles. The molecule has 0 amide bonds. The minimum atomic E-state index is -0.245. The van der Waals surface area contributed by atoms with E-state index in [9.17, 15) is 4.79 Å². The lowest BCUT2D eigenvalue weighted by molar-refractivity contribution is 0.155. The van der Waals surface area contributed by atoms with E-state index in [4.69, 9.17) is 0 Å². The van der Waals surface area contributed by atoms with Gasteiger partial charge in [-0.25, -0.2) is 9.48 Å². The van der Waals surface area contributed by atoms with Crippen molar-refractivity contribution in [2.75, 3.05) is 7.11 Å². The third-order valence-corrected chi connectivity index (χ3v) is 1.20. The maximum Gasteiger partial charge on any atom is 0.378 e. The molecule has 0 spiro atoms. The third-order valence-electron chi connectivity index (χ3n) is 1.20. The highest BCUT2D eigenvalue weighted by molar-refractivity contribution is 4.61. The van der Waals surface area contributed by atoms with Gasteiger partial charge in [0.2, 0.25) is 0 Å². The van der Waals surface area contributed by atoms with E-state index in [1.54, 1.807) is 0 Å². The molecule has 10 heavy (non-hydrogen) atoms. The first-order chi connectivity index (χ1) is 4.79. The van der Waals surface area contributed by atoms with Crippen LogP contribution in [-0.4, -0.2) is 21.6 Å². The molecule has 0 fully saturated rings. The Morgan fingerprint density at radius 2 is 2.50 bits per heavy atom. The molecule has 0 N–H and O–H groups in total. The van der Waals surface area contributed by atoms with Crippen LogP contribution in [0.15, 0.2) is 11.1 Å². The van der Waals surface area contributed by atoms with E-state index in [0.29, 0.717) is 6.54 Å². The van der Waals surface area contributed by atoms with Gasteiger partial charge in [-0.3, -0.25) is 0 Å². The van der Waals surface area contributed by atoms with Crippen molar-refractivity contribution in [3.8, 4) is 0 Å². The van der Waals surface area contributed by atoms with Crippen LogP contribution in [0, 0.1) is 0 Å². The number of hydrogen-bond acceptors (Lipinski definition) is 3. The van der Waals surface area contributed by atoms with Gasteiger partial charge in [-0.05, 0) is 6.92 Å². The highest BCUT2D eigenvalue weighted by atomic mass is 16.7. The lowest BCUT2D eigenvalue weighted by atomic mass is 10.8. The molecule has 0 aliphatic rings. The molecule has 0 saturated heterocycles. The van der Waals surface area contributed by atoms with Gasteiger partial charge in [-0.15, -0.1) is 4.73 Å². The summed E-state index contributed by atoms with van der Waals surface area (Å²) in [6, 6.07) is 0. The maximum absolute atomic E-state index is 11.0. The molecule has 0 bridgehead atoms. The zero-order valence-electron chi connectivity index (χ0n) is 5.94. The van der Waals surface area contributed by atoms with E-state index in [1.165, 1.54) is 18.1 Å². The normalized spacial score (nSPS) is 9.80. The van der Waals surface area contributed by atoms with Crippen molar-refractivity contribution < 1.29 is 4.84 Å². The molecule has 0 unspecified atom stereocenters. The molecule has 5 nitrogen and oxygen atoms in total. The zero-order chi connectivity index (χ0) is 7.56. The summed E-state index contributed by atoms with van der Waals surface area (Å²) >= 11 is 0. The minimum absolute atomic E-state index is 0.245. The predicted octanol–water partition coefficient (Wildman–Crippen LogP) is -0.877. The standard InChI is InChI=1S/C5H9N3O2/c1-3-7-5(9)8(10-2)4-6-7/h4H,3H2,1-2H3. The zero-order valence-corrected chi connectivity index (χ0v) is 5.94. The molecule has 1 aromatic heterocycles. The second kappa shape index (κ2) is 2.55. The molecule has 0 aliphatic heterocycles. The van der Waals surface area contributed by atoms with Crippen LogP contribution in [0.4, 0.5) is 0 Å². The predicted molar refractivity (Wildman–Crippen MR) is 34.7 cm³/mol. The van der Waals surface area contributed by atoms with Crippen molar-refractivity contribution in [2.45, 2.75) is 13.5 Å². The molecule has 1 aromatic rings. The van der Waals surface area contributed by atoms with Gasteiger partial charge in [0.05, 0.1) is 0 Å². The van der Waals surface area contributed by atoms with Crippen molar-refractivity contribution in [1.29, 1.82) is 0 Å². The summed E-state index contributed by atoms with van der Waals surface area (Å²) in [6.45, 7) is 2.41. The molecule has 5 heteroatoms. The number of aromatic nitrogens is 3. The van der Waals surface area contributed by atoms with E-state index in [1.807, 2.05) is 6.92 Å². The number of hydrogen-bond donors (Lipinski definition) is 0. The maximum atomic E-state index is 11.0. The van der Waals surface area contributed by atoms with Crippen LogP contribution in [0.5, 0.6) is 0 Å². The van der Waals surface area contributed by atoms with E-state index in [-0.39, 0.29) is 5.69 Å². The van der Waals surface area contributed by atoms with Gasteiger partial charge in [0.15, 0.2) is 6.33 Å². The van der Waals surface area contributed by atoms with Crippen LogP contribution < -0.4 is 10.5 Å². The summed E-state index contributed by atoms with van der Waals surface area (Å²) in [6.07, 6.45) is 1.34. The summed E-state index contributed by atoms with van der Waals surface area (Å²) < 4.78 is 2.38. The number of aryl methyl sites for hydroxylation is 1. The van der Waals surface area contributed by atoms with Gasteiger partial charge < -0.3 is 4.84 Å². The number of nitrogens with zero attached hydrogens (tertiary/aromatic N) is 3. The highest BCUT2D eigenvalue weighted by Gasteiger charge is 1.99. The monoisotopic (exact) mass is 143 g/mol. The largest absolute Gasteiger partial charge is 0.411 e. The van der Waals surface area contributed by atoms with Gasteiger partial charge in [0, 0.05) is 6.54 Å². The Morgan fingerprint density at radius 1 is 1.80 bits per heavy atom. The minimum Gasteiger partial charge on any atom is -0.411 e. The van der Waals surface area contributed by atoms with E-state index < -0.39 is 0 Å². The van der Waals surface area contributed by atoms with Crippen molar-refractivity contribution >= 4 is 0 Å². The lowest BCUT2D eigenvalue weighted by Crippen LogP contribution is -2.27. The summed E-state index contributed by atoms with van der Waals surface area (Å²) in [5.41, 5.74) is -0.245. The average molecular weight is 143 g/mol. The summed E-state index contributed by atoms with van der Waals surface area (Å²) in [5.74, 6) is 0. The molecule has 0 aromatic carbocycles. The average Bonchev–Trinajstić information content (AvgIpc) is 2.30. The fourth-order valence-electron chi connectivity index (χ4n) is 0.664. The van der Waals surface area contributed by atoms with Crippen molar-refractivity contribution in [1.82, 2.24) is 14.5 Å². The first-order valence-electron chi connectivity index (χ1n) is 2.98. The van der Waals surface area contributed by atoms with Gasteiger partial charge >= 0.3 is 5.69 Å². The molecule has 1 rings (SSSR count). The van der Waals surface area contributed by atoms with Crippen molar-refractivity contribution in [2.24, 2.45) is 0 Å². The van der Waals surface area contributed by atoms with Crippen molar-refractivity contribution in [3.05, 3.63) is 16.8 Å². The number of rotatable bonds is 2. The van der Waals surface area contributed by atoms with Crippen LogP contribution in [0.3, 0.4) is 0 Å². The quantitative estimate of drug-likeness (QED) is 0.540. The van der Waals surface area contributed by atoms with Gasteiger partial charge in [0.25, 0.3) is 0 Å². The van der Waals surface area contributed by atoms with E-state index >= 15 is 0 Å². The topological polar surface area (TPSA) is 49.0 Å². The summed E-state index contributed by atoms with van der Waals surface area (Å²) in [4.78, 5) is 15.6. The fourth-order valence-corrected chi connectivity index (χ4v) is 0.664. The van der Waals surface area contributed by atoms with Gasteiger partial charge in [0.1, 0.15) is 7.11 Å². The van der Waals surface area contributed by atoms with Crippen LogP contribution in [-0.2, 0) is 6.54 Å². The molecular formula is C5H9N3O2. The lowest BCUT2D eigenvalue weighted by Gasteiger charge is -1.92. The fraction of sp³-hybridized carbons (Fsp3) is 0.600. The van der Waals surface area contributed by atoms with Crippen LogP contribution in [0.2, 0.25) is 0 Å². The van der Waals surface area contributed by atoms with Crippen LogP contribution >= 0.6 is 0 Å². The van der Waals surface area contributed by atoms with Gasteiger partial charge in [-0.2, -0.15) is 5.10 Å². The van der Waals surface area contributed by atoms with Gasteiger partial charge in [-0.1, -0.05) is 0 Å². The molecule has 0 saturated carbocycles. The first kappa shape index (κ1) is 6.85.